The molecule has 0 aliphatic heterocycles. The van der Waals surface area contributed by atoms with E-state index in [1.807, 2.05) is 31.2 Å². The molecule has 0 aliphatic carbocycles. The Bertz CT molecular complexity index is 781. The summed E-state index contributed by atoms with van der Waals surface area (Å²) in [6, 6.07) is 11.5. The van der Waals surface area contributed by atoms with Gasteiger partial charge in [-0.3, -0.25) is 14.9 Å². The van der Waals surface area contributed by atoms with Gasteiger partial charge >= 0.3 is 5.69 Å². The highest BCUT2D eigenvalue weighted by Gasteiger charge is 2.18. The second-order valence-electron chi connectivity index (χ2n) is 5.19. The van der Waals surface area contributed by atoms with E-state index in [-0.39, 0.29) is 30.0 Å². The van der Waals surface area contributed by atoms with Gasteiger partial charge in [-0.25, -0.2) is 0 Å². The van der Waals surface area contributed by atoms with Gasteiger partial charge in [-0.15, -0.1) is 0 Å². The Kier molecular flexibility index (Phi) is 6.35. The predicted molar refractivity (Wildman–Crippen MR) is 95.8 cm³/mol. The molecule has 0 spiro atoms. The molecule has 7 nitrogen and oxygen atoms in total. The highest BCUT2D eigenvalue weighted by atomic mass is 79.9. The average molecular weight is 409 g/mol. The molecule has 0 saturated carbocycles. The smallest absolute Gasteiger partial charge is 0.314 e. The third-order valence-electron chi connectivity index (χ3n) is 3.47. The number of carbonyl (C=O) groups excluding carboxylic acids is 1. The van der Waals surface area contributed by atoms with Crippen LogP contribution in [-0.4, -0.2) is 24.5 Å². The summed E-state index contributed by atoms with van der Waals surface area (Å²) in [5, 5.41) is 13.9. The summed E-state index contributed by atoms with van der Waals surface area (Å²) in [5.41, 5.74) is 0.664. The molecule has 2 aromatic rings. The molecule has 0 radical (unpaired) electrons. The maximum atomic E-state index is 12.1. The van der Waals surface area contributed by atoms with Crippen LogP contribution in [0.3, 0.4) is 0 Å². The van der Waals surface area contributed by atoms with E-state index in [0.717, 1.165) is 10.0 Å². The van der Waals surface area contributed by atoms with Crippen molar-refractivity contribution in [2.45, 2.75) is 13.0 Å². The van der Waals surface area contributed by atoms with Crippen molar-refractivity contribution in [1.82, 2.24) is 5.32 Å². The van der Waals surface area contributed by atoms with Crippen molar-refractivity contribution in [3.05, 3.63) is 62.6 Å². The van der Waals surface area contributed by atoms with Crippen LogP contribution in [0.4, 0.5) is 5.69 Å². The molecule has 0 heterocycles. The van der Waals surface area contributed by atoms with Crippen molar-refractivity contribution in [2.75, 3.05) is 13.7 Å². The minimum atomic E-state index is -0.584. The zero-order valence-corrected chi connectivity index (χ0v) is 15.3. The Morgan fingerprint density at radius 2 is 2.04 bits per heavy atom. The molecule has 0 aromatic heterocycles. The Balaban J connectivity index is 2.00. The van der Waals surface area contributed by atoms with E-state index >= 15 is 0 Å². The van der Waals surface area contributed by atoms with Crippen molar-refractivity contribution < 1.29 is 19.2 Å². The molecule has 0 saturated heterocycles. The number of hydrogen-bond acceptors (Lipinski definition) is 5. The summed E-state index contributed by atoms with van der Waals surface area (Å²) in [5.74, 6) is -0.0334. The molecule has 0 aliphatic rings. The van der Waals surface area contributed by atoms with E-state index in [0.29, 0.717) is 5.75 Å². The quantitative estimate of drug-likeness (QED) is 0.557. The summed E-state index contributed by atoms with van der Waals surface area (Å²) in [7, 11) is 1.41. The number of nitro groups is 1. The molecule has 8 heteroatoms. The molecule has 1 N–H and O–H groups in total. The molecule has 1 atom stereocenters. The van der Waals surface area contributed by atoms with E-state index < -0.39 is 4.92 Å². The van der Waals surface area contributed by atoms with E-state index in [4.69, 9.17) is 9.47 Å². The molecule has 0 fully saturated rings. The minimum Gasteiger partial charge on any atom is -0.496 e. The summed E-state index contributed by atoms with van der Waals surface area (Å²) >= 11 is 3.43. The lowest BCUT2D eigenvalue weighted by Gasteiger charge is -2.16. The standard InChI is InChI=1S/C17H17BrN2O5/c1-11(13-5-3-4-6-14(13)18)19-17(21)10-25-16-8-7-12(24-2)9-15(16)20(22)23/h3-9,11H,10H2,1-2H3,(H,19,21)/t11-/m0/s1. The van der Waals surface area contributed by atoms with Crippen LogP contribution in [-0.2, 0) is 4.79 Å². The largest absolute Gasteiger partial charge is 0.496 e. The second kappa shape index (κ2) is 8.48. The summed E-state index contributed by atoms with van der Waals surface area (Å²) in [4.78, 5) is 22.6. The maximum absolute atomic E-state index is 12.1. The number of amides is 1. The van der Waals surface area contributed by atoms with Crippen LogP contribution in [0.15, 0.2) is 46.9 Å². The van der Waals surface area contributed by atoms with Gasteiger partial charge in [-0.1, -0.05) is 34.1 Å². The summed E-state index contributed by atoms with van der Waals surface area (Å²) in [6.07, 6.45) is 0. The van der Waals surface area contributed by atoms with E-state index in [1.165, 1.54) is 25.3 Å². The van der Waals surface area contributed by atoms with Crippen LogP contribution in [0.25, 0.3) is 0 Å². The lowest BCUT2D eigenvalue weighted by atomic mass is 10.1. The topological polar surface area (TPSA) is 90.7 Å². The monoisotopic (exact) mass is 408 g/mol. The number of nitrogens with zero attached hydrogens (tertiary/aromatic N) is 1. The molecule has 25 heavy (non-hydrogen) atoms. The first-order valence-corrected chi connectivity index (χ1v) is 8.20. The fourth-order valence-electron chi connectivity index (χ4n) is 2.22. The highest BCUT2D eigenvalue weighted by molar-refractivity contribution is 9.10. The van der Waals surface area contributed by atoms with Gasteiger partial charge in [0.1, 0.15) is 5.75 Å². The number of benzene rings is 2. The van der Waals surface area contributed by atoms with Gasteiger partial charge in [0.25, 0.3) is 5.91 Å². The van der Waals surface area contributed by atoms with E-state index in [2.05, 4.69) is 21.2 Å². The van der Waals surface area contributed by atoms with Gasteiger partial charge in [0.05, 0.1) is 24.1 Å². The highest BCUT2D eigenvalue weighted by Crippen LogP contribution is 2.31. The number of rotatable bonds is 7. The minimum absolute atomic E-state index is 0.00879. The number of halogens is 1. The van der Waals surface area contributed by atoms with Gasteiger partial charge in [0.15, 0.2) is 12.4 Å². The fourth-order valence-corrected chi connectivity index (χ4v) is 2.85. The Morgan fingerprint density at radius 1 is 1.32 bits per heavy atom. The van der Waals surface area contributed by atoms with Crippen molar-refractivity contribution in [2.24, 2.45) is 0 Å². The molecule has 0 bridgehead atoms. The fraction of sp³-hybridized carbons (Fsp3) is 0.235. The number of ether oxygens (including phenoxy) is 2. The van der Waals surface area contributed by atoms with Crippen molar-refractivity contribution in [1.29, 1.82) is 0 Å². The molecule has 2 rings (SSSR count). The summed E-state index contributed by atoms with van der Waals surface area (Å²) in [6.45, 7) is 1.51. The van der Waals surface area contributed by atoms with Gasteiger partial charge in [0, 0.05) is 4.47 Å². The Labute approximate surface area is 153 Å². The van der Waals surface area contributed by atoms with Crippen LogP contribution in [0, 0.1) is 10.1 Å². The number of hydrogen-bond donors (Lipinski definition) is 1. The molecule has 132 valence electrons. The van der Waals surface area contributed by atoms with E-state index in [9.17, 15) is 14.9 Å². The van der Waals surface area contributed by atoms with Gasteiger partial charge in [-0.05, 0) is 30.7 Å². The lowest BCUT2D eigenvalue weighted by Crippen LogP contribution is -2.31. The van der Waals surface area contributed by atoms with Crippen LogP contribution < -0.4 is 14.8 Å². The Morgan fingerprint density at radius 3 is 2.68 bits per heavy atom. The predicted octanol–water partition coefficient (Wildman–Crippen LogP) is 3.62. The van der Waals surface area contributed by atoms with Gasteiger partial charge in [-0.2, -0.15) is 0 Å². The van der Waals surface area contributed by atoms with Crippen LogP contribution in [0.1, 0.15) is 18.5 Å². The number of nitro benzene ring substituents is 1. The van der Waals surface area contributed by atoms with Crippen molar-refractivity contribution in [3.63, 3.8) is 0 Å². The molecular weight excluding hydrogens is 392 g/mol. The van der Waals surface area contributed by atoms with Crippen LogP contribution in [0.5, 0.6) is 11.5 Å². The van der Waals surface area contributed by atoms with Crippen LogP contribution >= 0.6 is 15.9 Å². The SMILES string of the molecule is COc1ccc(OCC(=O)N[C@@H](C)c2ccccc2Br)c([N+](=O)[O-])c1. The normalized spacial score (nSPS) is 11.5. The average Bonchev–Trinajstić information content (AvgIpc) is 2.60. The molecule has 1 amide bonds. The maximum Gasteiger partial charge on any atom is 0.314 e. The molecule has 0 unspecified atom stereocenters. The van der Waals surface area contributed by atoms with E-state index in [1.54, 1.807) is 0 Å². The molecule has 2 aromatic carbocycles. The molecular formula is C17H17BrN2O5. The lowest BCUT2D eigenvalue weighted by molar-refractivity contribution is -0.385. The Hall–Kier alpha value is -2.61. The number of carbonyl (C=O) groups is 1. The second-order valence-corrected chi connectivity index (χ2v) is 6.04. The van der Waals surface area contributed by atoms with Gasteiger partial charge < -0.3 is 14.8 Å². The third-order valence-corrected chi connectivity index (χ3v) is 4.19. The van der Waals surface area contributed by atoms with Gasteiger partial charge in [0.2, 0.25) is 0 Å². The number of methoxy groups -OCH3 is 1. The zero-order chi connectivity index (χ0) is 18.4. The number of nitrogens with one attached hydrogen (secondary N) is 1. The van der Waals surface area contributed by atoms with Crippen LogP contribution in [0.2, 0.25) is 0 Å². The summed E-state index contributed by atoms with van der Waals surface area (Å²) < 4.78 is 11.1. The first-order valence-electron chi connectivity index (χ1n) is 7.41. The van der Waals surface area contributed by atoms with Crippen molar-refractivity contribution >= 4 is 27.5 Å². The first-order chi connectivity index (χ1) is 11.9. The first kappa shape index (κ1) is 18.7. The third kappa shape index (κ3) is 4.93. The zero-order valence-electron chi connectivity index (χ0n) is 13.7. The van der Waals surface area contributed by atoms with Crippen molar-refractivity contribution in [3.8, 4) is 11.5 Å².